The predicted molar refractivity (Wildman–Crippen MR) is 113 cm³/mol. The van der Waals surface area contributed by atoms with E-state index < -0.39 is 10.0 Å². The molecule has 4 N–H and O–H groups in total. The fraction of sp³-hybridized carbons (Fsp3) is 1.00. The molecule has 8 nitrogen and oxygen atoms in total. The summed E-state index contributed by atoms with van der Waals surface area (Å²) in [6.45, 7) is 3.74. The normalized spacial score (nSPS) is 44.5. The fourth-order valence-corrected chi connectivity index (χ4v) is 8.37. The topological polar surface area (TPSA) is 88.7 Å². The van der Waals surface area contributed by atoms with Gasteiger partial charge in [0, 0.05) is 63.3 Å². The largest absolute Gasteiger partial charge is 0.312 e. The highest BCUT2D eigenvalue weighted by Crippen LogP contribution is 2.33. The zero-order chi connectivity index (χ0) is 20.0. The van der Waals surface area contributed by atoms with Gasteiger partial charge in [-0.1, -0.05) is 12.8 Å². The van der Waals surface area contributed by atoms with Gasteiger partial charge in [0.15, 0.2) is 0 Å². The Morgan fingerprint density at radius 2 is 1.83 bits per heavy atom. The third-order valence-corrected chi connectivity index (χ3v) is 10.2. The van der Waals surface area contributed by atoms with Crippen LogP contribution in [0, 0.1) is 11.8 Å². The molecule has 5 aliphatic rings. The van der Waals surface area contributed by atoms with Gasteiger partial charge in [0.05, 0.1) is 5.25 Å². The molecule has 4 heterocycles. The number of sulfonamides is 1. The van der Waals surface area contributed by atoms with Gasteiger partial charge in [0.1, 0.15) is 0 Å². The van der Waals surface area contributed by atoms with Gasteiger partial charge in [0.25, 0.3) is 0 Å². The third-order valence-electron chi connectivity index (χ3n) is 8.29. The van der Waals surface area contributed by atoms with E-state index >= 15 is 0 Å². The standard InChI is InChI=1S/C20H38N6O2S/c1-25-20-14(11-22-25)5-4-6-18(20)24-29(27,28)15-8-9-17(21-12-15)16-13-23-26-10-3-2-7-19(16)26/h14-24H,2-13H2,1H3. The summed E-state index contributed by atoms with van der Waals surface area (Å²) in [7, 11) is -1.26. The summed E-state index contributed by atoms with van der Waals surface area (Å²) >= 11 is 0. The Labute approximate surface area is 175 Å². The van der Waals surface area contributed by atoms with E-state index in [-0.39, 0.29) is 17.3 Å². The molecule has 5 rings (SSSR count). The monoisotopic (exact) mass is 426 g/mol. The molecule has 0 amide bonds. The molecule has 1 aliphatic carbocycles. The molecule has 9 heteroatoms. The minimum atomic E-state index is -3.31. The van der Waals surface area contributed by atoms with Gasteiger partial charge in [-0.05, 0) is 44.4 Å². The van der Waals surface area contributed by atoms with Crippen molar-refractivity contribution in [2.24, 2.45) is 11.8 Å². The van der Waals surface area contributed by atoms with Crippen LogP contribution < -0.4 is 20.9 Å². The minimum Gasteiger partial charge on any atom is -0.312 e. The summed E-state index contributed by atoms with van der Waals surface area (Å²) in [5.74, 6) is 1.16. The van der Waals surface area contributed by atoms with Crippen LogP contribution in [0.4, 0.5) is 0 Å². The van der Waals surface area contributed by atoms with E-state index in [0.29, 0.717) is 30.5 Å². The molecule has 5 fully saturated rings. The highest BCUT2D eigenvalue weighted by molar-refractivity contribution is 7.90. The number of nitrogens with zero attached hydrogens (tertiary/aromatic N) is 2. The first-order chi connectivity index (χ1) is 14.0. The molecule has 0 spiro atoms. The van der Waals surface area contributed by atoms with Crippen molar-refractivity contribution >= 4 is 10.0 Å². The van der Waals surface area contributed by atoms with E-state index in [0.717, 1.165) is 45.3 Å². The maximum atomic E-state index is 13.2. The molecule has 7 atom stereocenters. The SMILES string of the molecule is CN1NCC2CCCC(NS(=O)(=O)C3CCC(C4CNN5CCCCC45)NC3)C21. The molecule has 4 saturated heterocycles. The molecule has 7 unspecified atom stereocenters. The quantitative estimate of drug-likeness (QED) is 0.503. The van der Waals surface area contributed by atoms with Gasteiger partial charge in [-0.25, -0.2) is 23.2 Å². The Hall–Kier alpha value is -0.290. The highest BCUT2D eigenvalue weighted by atomic mass is 32.2. The summed E-state index contributed by atoms with van der Waals surface area (Å²) in [5.41, 5.74) is 6.97. The van der Waals surface area contributed by atoms with Crippen molar-refractivity contribution in [3.8, 4) is 0 Å². The zero-order valence-corrected chi connectivity index (χ0v) is 18.5. The van der Waals surface area contributed by atoms with Gasteiger partial charge in [-0.15, -0.1) is 0 Å². The lowest BCUT2D eigenvalue weighted by Gasteiger charge is -2.40. The Kier molecular flexibility index (Phi) is 5.92. The first kappa shape index (κ1) is 20.6. The van der Waals surface area contributed by atoms with E-state index in [1.807, 2.05) is 7.05 Å². The first-order valence-corrected chi connectivity index (χ1v) is 13.3. The number of piperidine rings is 2. The Morgan fingerprint density at radius 1 is 0.931 bits per heavy atom. The van der Waals surface area contributed by atoms with Crippen molar-refractivity contribution in [2.75, 3.05) is 33.2 Å². The predicted octanol–water partition coefficient (Wildman–Crippen LogP) is 0.00260. The number of likely N-dealkylation sites (N-methyl/N-ethyl adjacent to an activating group) is 1. The highest BCUT2D eigenvalue weighted by Gasteiger charge is 2.45. The lowest BCUT2D eigenvalue weighted by Crippen LogP contribution is -2.58. The summed E-state index contributed by atoms with van der Waals surface area (Å²) in [6.07, 6.45) is 8.85. The smallest absolute Gasteiger partial charge is 0.216 e. The second-order valence-electron chi connectivity index (χ2n) is 9.92. The van der Waals surface area contributed by atoms with Crippen LogP contribution in [0.15, 0.2) is 0 Å². The van der Waals surface area contributed by atoms with Crippen LogP contribution in [0.3, 0.4) is 0 Å². The summed E-state index contributed by atoms with van der Waals surface area (Å²) < 4.78 is 29.5. The molecule has 29 heavy (non-hydrogen) atoms. The maximum absolute atomic E-state index is 13.2. The number of nitrogens with one attached hydrogen (secondary N) is 4. The van der Waals surface area contributed by atoms with Crippen molar-refractivity contribution in [1.29, 1.82) is 0 Å². The number of fused-ring (bicyclic) bond motifs is 2. The number of hydrogen-bond acceptors (Lipinski definition) is 7. The average Bonchev–Trinajstić information content (AvgIpc) is 3.32. The third kappa shape index (κ3) is 4.00. The van der Waals surface area contributed by atoms with E-state index in [2.05, 4.69) is 30.9 Å². The van der Waals surface area contributed by atoms with Crippen LogP contribution in [0.1, 0.15) is 51.4 Å². The first-order valence-electron chi connectivity index (χ1n) is 11.7. The minimum absolute atomic E-state index is 0.0336. The van der Waals surface area contributed by atoms with Crippen molar-refractivity contribution in [3.63, 3.8) is 0 Å². The number of hydrogen-bond donors (Lipinski definition) is 4. The van der Waals surface area contributed by atoms with Gasteiger partial charge >= 0.3 is 0 Å². The van der Waals surface area contributed by atoms with Gasteiger partial charge in [0.2, 0.25) is 10.0 Å². The van der Waals surface area contributed by atoms with Gasteiger partial charge in [-0.2, -0.15) is 0 Å². The Morgan fingerprint density at radius 3 is 2.66 bits per heavy atom. The van der Waals surface area contributed by atoms with Crippen molar-refractivity contribution in [3.05, 3.63) is 0 Å². The second kappa shape index (κ2) is 8.33. The van der Waals surface area contributed by atoms with E-state index in [9.17, 15) is 8.42 Å². The van der Waals surface area contributed by atoms with Crippen molar-refractivity contribution < 1.29 is 8.42 Å². The fourth-order valence-electron chi connectivity index (χ4n) is 6.73. The molecule has 0 aromatic carbocycles. The number of rotatable bonds is 4. The van der Waals surface area contributed by atoms with Gasteiger partial charge in [-0.3, -0.25) is 10.9 Å². The van der Waals surface area contributed by atoms with E-state index in [1.165, 1.54) is 25.7 Å². The molecule has 0 aromatic heterocycles. The molecule has 4 aliphatic heterocycles. The van der Waals surface area contributed by atoms with Crippen LogP contribution in [0.2, 0.25) is 0 Å². The molecule has 0 radical (unpaired) electrons. The van der Waals surface area contributed by atoms with Crippen molar-refractivity contribution in [1.82, 2.24) is 30.9 Å². The lowest BCUT2D eigenvalue weighted by molar-refractivity contribution is 0.115. The maximum Gasteiger partial charge on any atom is 0.216 e. The summed E-state index contributed by atoms with van der Waals surface area (Å²) in [4.78, 5) is 0. The molecule has 166 valence electrons. The second-order valence-corrected chi connectivity index (χ2v) is 11.9. The van der Waals surface area contributed by atoms with Crippen LogP contribution in [0.5, 0.6) is 0 Å². The van der Waals surface area contributed by atoms with E-state index in [1.54, 1.807) is 0 Å². The van der Waals surface area contributed by atoms with Crippen LogP contribution >= 0.6 is 0 Å². The van der Waals surface area contributed by atoms with Crippen LogP contribution in [-0.4, -0.2) is 81.1 Å². The number of hydrazine groups is 2. The zero-order valence-electron chi connectivity index (χ0n) is 17.6. The lowest BCUT2D eigenvalue weighted by atomic mass is 9.82. The molecular weight excluding hydrogens is 388 g/mol. The molecular formula is C20H38N6O2S. The van der Waals surface area contributed by atoms with Crippen LogP contribution in [-0.2, 0) is 10.0 Å². The average molecular weight is 427 g/mol. The van der Waals surface area contributed by atoms with Crippen molar-refractivity contribution in [2.45, 2.75) is 80.8 Å². The molecule has 1 saturated carbocycles. The Bertz CT molecular complexity index is 680. The van der Waals surface area contributed by atoms with E-state index in [4.69, 9.17) is 0 Å². The molecule has 0 aromatic rings. The Balaban J connectivity index is 1.18. The van der Waals surface area contributed by atoms with Crippen LogP contribution in [0.25, 0.3) is 0 Å². The van der Waals surface area contributed by atoms with Gasteiger partial charge < -0.3 is 5.32 Å². The summed E-state index contributed by atoms with van der Waals surface area (Å²) in [5, 5.41) is 7.89. The summed E-state index contributed by atoms with van der Waals surface area (Å²) in [6, 6.07) is 1.37. The molecule has 0 bridgehead atoms.